The van der Waals surface area contributed by atoms with Crippen molar-refractivity contribution in [3.05, 3.63) is 29.1 Å². The number of hydrogen-bond acceptors (Lipinski definition) is 3. The second-order valence-corrected chi connectivity index (χ2v) is 4.24. The summed E-state index contributed by atoms with van der Waals surface area (Å²) >= 11 is 0. The number of aromatic nitrogens is 1. The third kappa shape index (κ3) is 2.40. The smallest absolute Gasteiger partial charge is 0.339 e. The van der Waals surface area contributed by atoms with Crippen LogP contribution in [0.3, 0.4) is 0 Å². The minimum Gasteiger partial charge on any atom is -0.465 e. The van der Waals surface area contributed by atoms with Crippen LogP contribution >= 0.6 is 0 Å². The number of pyridine rings is 1. The number of esters is 1. The summed E-state index contributed by atoms with van der Waals surface area (Å²) < 4.78 is 4.77. The van der Waals surface area contributed by atoms with Gasteiger partial charge in [-0.3, -0.25) is 4.98 Å². The lowest BCUT2D eigenvalue weighted by molar-refractivity contribution is 0.0599. The largest absolute Gasteiger partial charge is 0.465 e. The van der Waals surface area contributed by atoms with Crippen molar-refractivity contribution in [1.82, 2.24) is 4.98 Å². The van der Waals surface area contributed by atoms with E-state index in [1.807, 2.05) is 0 Å². The van der Waals surface area contributed by atoms with Gasteiger partial charge in [-0.1, -0.05) is 12.8 Å². The molecule has 0 saturated carbocycles. The predicted octanol–water partition coefficient (Wildman–Crippen LogP) is 2.53. The summed E-state index contributed by atoms with van der Waals surface area (Å²) in [5.74, 6) is -0.270. The predicted molar refractivity (Wildman–Crippen MR) is 61.5 cm³/mol. The van der Waals surface area contributed by atoms with E-state index in [0.717, 1.165) is 30.5 Å². The number of carbonyl (C=O) groups excluding carboxylic acids is 1. The van der Waals surface area contributed by atoms with Gasteiger partial charge in [-0.2, -0.15) is 0 Å². The average Bonchev–Trinajstić information content (AvgIpc) is 2.40. The van der Waals surface area contributed by atoms with Crippen molar-refractivity contribution in [2.45, 2.75) is 38.5 Å². The summed E-state index contributed by atoms with van der Waals surface area (Å²) in [5, 5.41) is 0. The molecule has 1 heterocycles. The Kier molecular flexibility index (Phi) is 3.54. The van der Waals surface area contributed by atoms with E-state index in [9.17, 15) is 4.79 Å². The number of nitrogens with zero attached hydrogens (tertiary/aromatic N) is 1. The molecule has 0 radical (unpaired) electrons. The summed E-state index contributed by atoms with van der Waals surface area (Å²) in [5.41, 5.74) is 2.83. The van der Waals surface area contributed by atoms with E-state index in [0.29, 0.717) is 5.56 Å². The van der Waals surface area contributed by atoms with Crippen LogP contribution in [-0.4, -0.2) is 18.1 Å². The molecule has 0 spiro atoms. The molecular formula is C13H17NO2. The number of rotatable bonds is 1. The molecule has 86 valence electrons. The summed E-state index contributed by atoms with van der Waals surface area (Å²) in [7, 11) is 1.41. The van der Waals surface area contributed by atoms with Gasteiger partial charge in [0.2, 0.25) is 0 Å². The molecule has 0 saturated heterocycles. The Morgan fingerprint density at radius 3 is 2.75 bits per heavy atom. The summed E-state index contributed by atoms with van der Waals surface area (Å²) in [4.78, 5) is 15.9. The molecule has 1 aliphatic rings. The minimum absolute atomic E-state index is 0.270. The Morgan fingerprint density at radius 1 is 1.25 bits per heavy atom. The molecule has 0 fully saturated rings. The Bertz CT molecular complexity index is 388. The molecule has 0 unspecified atom stereocenters. The van der Waals surface area contributed by atoms with Gasteiger partial charge < -0.3 is 4.74 Å². The van der Waals surface area contributed by atoms with Gasteiger partial charge in [0.1, 0.15) is 0 Å². The number of carbonyl (C=O) groups is 1. The van der Waals surface area contributed by atoms with Crippen LogP contribution in [0.4, 0.5) is 0 Å². The van der Waals surface area contributed by atoms with Gasteiger partial charge in [0.25, 0.3) is 0 Å². The SMILES string of the molecule is COC(=O)c1cnc2cc1CCCCCC2. The molecule has 16 heavy (non-hydrogen) atoms. The van der Waals surface area contributed by atoms with Crippen molar-refractivity contribution >= 4 is 5.97 Å². The van der Waals surface area contributed by atoms with Crippen LogP contribution in [0.2, 0.25) is 0 Å². The molecule has 1 aromatic heterocycles. The van der Waals surface area contributed by atoms with E-state index in [2.05, 4.69) is 11.1 Å². The fraction of sp³-hybridized carbons (Fsp3) is 0.538. The highest BCUT2D eigenvalue weighted by atomic mass is 16.5. The molecule has 1 aliphatic carbocycles. The second-order valence-electron chi connectivity index (χ2n) is 4.24. The highest BCUT2D eigenvalue weighted by Gasteiger charge is 2.14. The maximum atomic E-state index is 11.6. The number of methoxy groups -OCH3 is 1. The fourth-order valence-electron chi connectivity index (χ4n) is 2.16. The van der Waals surface area contributed by atoms with Crippen molar-refractivity contribution < 1.29 is 9.53 Å². The van der Waals surface area contributed by atoms with Gasteiger partial charge in [-0.25, -0.2) is 4.79 Å². The third-order valence-corrected chi connectivity index (χ3v) is 3.08. The maximum Gasteiger partial charge on any atom is 0.339 e. The number of ether oxygens (including phenoxy) is 1. The minimum atomic E-state index is -0.270. The first-order chi connectivity index (χ1) is 7.81. The lowest BCUT2D eigenvalue weighted by atomic mass is 10.0. The molecular weight excluding hydrogens is 202 g/mol. The first-order valence-corrected chi connectivity index (χ1v) is 5.87. The van der Waals surface area contributed by atoms with E-state index < -0.39 is 0 Å². The molecule has 0 aromatic carbocycles. The van der Waals surface area contributed by atoms with E-state index in [4.69, 9.17) is 4.74 Å². The Morgan fingerprint density at radius 2 is 2.00 bits per heavy atom. The lowest BCUT2D eigenvalue weighted by Gasteiger charge is -2.07. The Balaban J connectivity index is 2.32. The highest BCUT2D eigenvalue weighted by molar-refractivity contribution is 5.90. The van der Waals surface area contributed by atoms with Crippen molar-refractivity contribution in [1.29, 1.82) is 0 Å². The van der Waals surface area contributed by atoms with E-state index >= 15 is 0 Å². The molecule has 0 atom stereocenters. The average molecular weight is 219 g/mol. The fourth-order valence-corrected chi connectivity index (χ4v) is 2.16. The molecule has 2 rings (SSSR count). The van der Waals surface area contributed by atoms with Crippen molar-refractivity contribution in [3.8, 4) is 0 Å². The van der Waals surface area contributed by atoms with Crippen LogP contribution in [0.25, 0.3) is 0 Å². The monoisotopic (exact) mass is 219 g/mol. The summed E-state index contributed by atoms with van der Waals surface area (Å²) in [6.45, 7) is 0. The zero-order chi connectivity index (χ0) is 11.4. The second kappa shape index (κ2) is 5.10. The number of aryl methyl sites for hydroxylation is 2. The normalized spacial score (nSPS) is 15.8. The van der Waals surface area contributed by atoms with Crippen molar-refractivity contribution in [3.63, 3.8) is 0 Å². The Labute approximate surface area is 95.8 Å². The number of fused-ring (bicyclic) bond motifs is 2. The van der Waals surface area contributed by atoms with Crippen LogP contribution in [0.5, 0.6) is 0 Å². The molecule has 2 bridgehead atoms. The van der Waals surface area contributed by atoms with Crippen molar-refractivity contribution in [2.24, 2.45) is 0 Å². The highest BCUT2D eigenvalue weighted by Crippen LogP contribution is 2.18. The van der Waals surface area contributed by atoms with Gasteiger partial charge in [-0.15, -0.1) is 0 Å². The molecule has 3 heteroatoms. The quantitative estimate of drug-likeness (QED) is 0.681. The van der Waals surface area contributed by atoms with Crippen LogP contribution < -0.4 is 0 Å². The molecule has 1 aromatic rings. The Hall–Kier alpha value is -1.38. The molecule has 0 amide bonds. The molecule has 0 aliphatic heterocycles. The van der Waals surface area contributed by atoms with Gasteiger partial charge in [0.15, 0.2) is 0 Å². The first kappa shape index (κ1) is 11.1. The van der Waals surface area contributed by atoms with Crippen LogP contribution in [0.15, 0.2) is 12.3 Å². The molecule has 0 N–H and O–H groups in total. The van der Waals surface area contributed by atoms with Crippen LogP contribution in [-0.2, 0) is 17.6 Å². The van der Waals surface area contributed by atoms with Gasteiger partial charge in [0.05, 0.1) is 12.7 Å². The van der Waals surface area contributed by atoms with Gasteiger partial charge in [0, 0.05) is 11.9 Å². The molecule has 3 nitrogen and oxygen atoms in total. The zero-order valence-electron chi connectivity index (χ0n) is 9.66. The van der Waals surface area contributed by atoms with E-state index in [-0.39, 0.29) is 5.97 Å². The standard InChI is InChI=1S/C13H17NO2/c1-16-13(15)12-9-14-11-7-5-3-2-4-6-10(12)8-11/h8-9H,2-7H2,1H3. The lowest BCUT2D eigenvalue weighted by Crippen LogP contribution is -2.07. The van der Waals surface area contributed by atoms with Crippen LogP contribution in [0.1, 0.15) is 47.3 Å². The topological polar surface area (TPSA) is 39.2 Å². The van der Waals surface area contributed by atoms with E-state index in [1.54, 1.807) is 6.20 Å². The van der Waals surface area contributed by atoms with Crippen molar-refractivity contribution in [2.75, 3.05) is 7.11 Å². The third-order valence-electron chi connectivity index (χ3n) is 3.08. The maximum absolute atomic E-state index is 11.6. The van der Waals surface area contributed by atoms with E-state index in [1.165, 1.54) is 26.4 Å². The zero-order valence-corrected chi connectivity index (χ0v) is 9.66. The summed E-state index contributed by atoms with van der Waals surface area (Å²) in [6, 6.07) is 2.07. The number of hydrogen-bond donors (Lipinski definition) is 0. The first-order valence-electron chi connectivity index (χ1n) is 5.87. The van der Waals surface area contributed by atoms with Gasteiger partial charge >= 0.3 is 5.97 Å². The summed E-state index contributed by atoms with van der Waals surface area (Å²) in [6.07, 6.45) is 8.49. The van der Waals surface area contributed by atoms with Gasteiger partial charge in [-0.05, 0) is 37.3 Å². The van der Waals surface area contributed by atoms with Crippen LogP contribution in [0, 0.1) is 0 Å².